The van der Waals surface area contributed by atoms with Crippen LogP contribution in [0.25, 0.3) is 5.76 Å². The van der Waals surface area contributed by atoms with Crippen molar-refractivity contribution in [1.82, 2.24) is 4.90 Å². The highest BCUT2D eigenvalue weighted by Crippen LogP contribution is 2.41. The van der Waals surface area contributed by atoms with Crippen molar-refractivity contribution in [3.8, 4) is 11.5 Å². The van der Waals surface area contributed by atoms with Gasteiger partial charge in [0.25, 0.3) is 11.7 Å². The van der Waals surface area contributed by atoms with Gasteiger partial charge in [-0.3, -0.25) is 9.59 Å². The molecule has 0 bridgehead atoms. The number of likely N-dealkylation sites (tertiary alicyclic amines) is 1. The molecule has 0 radical (unpaired) electrons. The predicted molar refractivity (Wildman–Crippen MR) is 141 cm³/mol. The van der Waals surface area contributed by atoms with Gasteiger partial charge in [0, 0.05) is 19.2 Å². The van der Waals surface area contributed by atoms with E-state index < -0.39 is 23.5 Å². The average Bonchev–Trinajstić information content (AvgIpc) is 3.17. The number of aliphatic hydroxyl groups is 1. The molecule has 0 saturated carbocycles. The van der Waals surface area contributed by atoms with E-state index in [1.54, 1.807) is 48.5 Å². The Balaban J connectivity index is 1.69. The van der Waals surface area contributed by atoms with Crippen LogP contribution in [0.1, 0.15) is 29.7 Å². The Labute approximate surface area is 225 Å². The molecule has 3 aromatic carbocycles. The van der Waals surface area contributed by atoms with Gasteiger partial charge < -0.3 is 24.2 Å². The van der Waals surface area contributed by atoms with Crippen molar-refractivity contribution in [3.63, 3.8) is 0 Å². The maximum Gasteiger partial charge on any atom is 0.295 e. The highest BCUT2D eigenvalue weighted by molar-refractivity contribution is 6.47. The van der Waals surface area contributed by atoms with E-state index in [0.717, 1.165) is 5.56 Å². The molecule has 198 valence electrons. The summed E-state index contributed by atoms with van der Waals surface area (Å²) in [6.07, 6.45) is 0. The smallest absolute Gasteiger partial charge is 0.295 e. The van der Waals surface area contributed by atoms with Gasteiger partial charge in [-0.2, -0.15) is 0 Å². The number of amides is 1. The molecule has 3 aromatic rings. The molecule has 1 aliphatic rings. The molecule has 9 heteroatoms. The summed E-state index contributed by atoms with van der Waals surface area (Å²) >= 11 is 6.37. The lowest BCUT2D eigenvalue weighted by Crippen LogP contribution is -2.32. The zero-order chi connectivity index (χ0) is 27.2. The number of halogens is 2. The topological polar surface area (TPSA) is 85.3 Å². The minimum atomic E-state index is -0.872. The fourth-order valence-corrected chi connectivity index (χ4v) is 4.43. The number of Topliss-reactive ketones (excluding diaryl/α,β-unsaturated/α-hetero) is 1. The molecule has 38 heavy (non-hydrogen) atoms. The van der Waals surface area contributed by atoms with E-state index in [0.29, 0.717) is 23.7 Å². The van der Waals surface area contributed by atoms with Crippen LogP contribution in [0, 0.1) is 5.82 Å². The Kier molecular flexibility index (Phi) is 8.66. The molecule has 1 aliphatic heterocycles. The minimum absolute atomic E-state index is 0.0818. The Morgan fingerprint density at radius 3 is 2.34 bits per heavy atom. The molecule has 1 fully saturated rings. The van der Waals surface area contributed by atoms with E-state index in [4.69, 9.17) is 25.8 Å². The number of ketones is 1. The average molecular weight is 540 g/mol. The first kappa shape index (κ1) is 27.2. The van der Waals surface area contributed by atoms with E-state index in [2.05, 4.69) is 0 Å². The lowest BCUT2D eigenvalue weighted by Gasteiger charge is -2.25. The number of nitrogens with zero attached hydrogens (tertiary/aromatic N) is 1. The van der Waals surface area contributed by atoms with Crippen molar-refractivity contribution >= 4 is 29.1 Å². The molecular weight excluding hydrogens is 513 g/mol. The number of aliphatic hydroxyl groups excluding tert-OH is 1. The molecule has 0 aromatic heterocycles. The summed E-state index contributed by atoms with van der Waals surface area (Å²) in [5, 5.41) is 11.5. The SMILES string of the molecule is CCOc1ccc(Cl)c(/C(O)=C2\C(=O)C(=O)N(CCOC)C2c2ccc(OCc3ccc(F)cc3)cc2)c1. The zero-order valence-corrected chi connectivity index (χ0v) is 21.7. The Morgan fingerprint density at radius 1 is 1.00 bits per heavy atom. The molecule has 1 heterocycles. The van der Waals surface area contributed by atoms with Gasteiger partial charge in [-0.05, 0) is 60.5 Å². The van der Waals surface area contributed by atoms with Crippen molar-refractivity contribution in [2.45, 2.75) is 19.6 Å². The molecule has 1 N–H and O–H groups in total. The molecule has 1 saturated heterocycles. The van der Waals surface area contributed by atoms with E-state index >= 15 is 0 Å². The number of benzene rings is 3. The number of methoxy groups -OCH3 is 1. The summed E-state index contributed by atoms with van der Waals surface area (Å²) in [5.74, 6) is -1.28. The molecule has 0 spiro atoms. The van der Waals surface area contributed by atoms with Crippen LogP contribution in [-0.2, 0) is 20.9 Å². The second kappa shape index (κ2) is 12.1. The Bertz CT molecular complexity index is 1340. The van der Waals surface area contributed by atoms with E-state index in [1.165, 1.54) is 30.2 Å². The van der Waals surface area contributed by atoms with Crippen LogP contribution < -0.4 is 9.47 Å². The largest absolute Gasteiger partial charge is 0.507 e. The Morgan fingerprint density at radius 2 is 1.68 bits per heavy atom. The molecule has 1 unspecified atom stereocenters. The van der Waals surface area contributed by atoms with Crippen LogP contribution in [-0.4, -0.2) is 48.6 Å². The van der Waals surface area contributed by atoms with Crippen LogP contribution in [0.3, 0.4) is 0 Å². The first-order chi connectivity index (χ1) is 18.3. The van der Waals surface area contributed by atoms with Crippen LogP contribution in [0.5, 0.6) is 11.5 Å². The lowest BCUT2D eigenvalue weighted by molar-refractivity contribution is -0.140. The molecule has 1 atom stereocenters. The third kappa shape index (κ3) is 5.82. The van der Waals surface area contributed by atoms with Crippen LogP contribution in [0.15, 0.2) is 72.3 Å². The minimum Gasteiger partial charge on any atom is -0.507 e. The zero-order valence-electron chi connectivity index (χ0n) is 20.9. The second-order valence-corrected chi connectivity index (χ2v) is 8.95. The first-order valence-corrected chi connectivity index (χ1v) is 12.4. The summed E-state index contributed by atoms with van der Waals surface area (Å²) in [4.78, 5) is 27.6. The second-order valence-electron chi connectivity index (χ2n) is 8.54. The van der Waals surface area contributed by atoms with Crippen LogP contribution in [0.4, 0.5) is 4.39 Å². The summed E-state index contributed by atoms with van der Waals surface area (Å²) in [7, 11) is 1.50. The van der Waals surface area contributed by atoms with Gasteiger partial charge in [0.15, 0.2) is 0 Å². The van der Waals surface area contributed by atoms with Gasteiger partial charge in [-0.25, -0.2) is 4.39 Å². The van der Waals surface area contributed by atoms with E-state index in [-0.39, 0.29) is 41.7 Å². The lowest BCUT2D eigenvalue weighted by atomic mass is 9.95. The number of ether oxygens (including phenoxy) is 3. The van der Waals surface area contributed by atoms with Gasteiger partial charge in [0.1, 0.15) is 29.7 Å². The number of hydrogen-bond acceptors (Lipinski definition) is 6. The van der Waals surface area contributed by atoms with E-state index in [9.17, 15) is 19.1 Å². The van der Waals surface area contributed by atoms with Gasteiger partial charge in [-0.1, -0.05) is 35.9 Å². The standard InChI is InChI=1S/C29H27ClFNO6/c1-3-37-22-12-13-24(30)23(16-22)27(33)25-26(32(14-15-36-2)29(35)28(25)34)19-6-10-21(11-7-19)38-17-18-4-8-20(31)9-5-18/h4-13,16,26,33H,3,14-15,17H2,1-2H3/b27-25+. The van der Waals surface area contributed by atoms with Crippen molar-refractivity contribution in [2.24, 2.45) is 0 Å². The van der Waals surface area contributed by atoms with E-state index in [1.807, 2.05) is 6.92 Å². The summed E-state index contributed by atoms with van der Waals surface area (Å²) in [6.45, 7) is 2.79. The highest BCUT2D eigenvalue weighted by Gasteiger charge is 2.46. The third-order valence-electron chi connectivity index (χ3n) is 6.09. The number of rotatable bonds is 10. The normalized spacial score (nSPS) is 16.6. The number of carbonyl (C=O) groups excluding carboxylic acids is 2. The third-order valence-corrected chi connectivity index (χ3v) is 6.42. The maximum absolute atomic E-state index is 13.2. The molecule has 0 aliphatic carbocycles. The first-order valence-electron chi connectivity index (χ1n) is 12.0. The van der Waals surface area contributed by atoms with Gasteiger partial charge in [0.05, 0.1) is 29.9 Å². The van der Waals surface area contributed by atoms with Crippen LogP contribution >= 0.6 is 11.6 Å². The van der Waals surface area contributed by atoms with Crippen LogP contribution in [0.2, 0.25) is 5.02 Å². The number of carbonyl (C=O) groups is 2. The fourth-order valence-electron chi connectivity index (χ4n) is 4.23. The van der Waals surface area contributed by atoms with Crippen molar-refractivity contribution in [1.29, 1.82) is 0 Å². The molecule has 7 nitrogen and oxygen atoms in total. The van der Waals surface area contributed by atoms with Crippen molar-refractivity contribution < 1.29 is 33.3 Å². The van der Waals surface area contributed by atoms with Gasteiger partial charge >= 0.3 is 0 Å². The monoisotopic (exact) mass is 539 g/mol. The van der Waals surface area contributed by atoms with Crippen molar-refractivity contribution in [3.05, 3.63) is 99.8 Å². The quantitative estimate of drug-likeness (QED) is 0.207. The summed E-state index contributed by atoms with van der Waals surface area (Å²) in [6, 6.07) is 16.7. The number of hydrogen-bond donors (Lipinski definition) is 1. The summed E-state index contributed by atoms with van der Waals surface area (Å²) < 4.78 is 29.6. The molecule has 1 amide bonds. The predicted octanol–water partition coefficient (Wildman–Crippen LogP) is 5.52. The van der Waals surface area contributed by atoms with Gasteiger partial charge in [0.2, 0.25) is 0 Å². The summed E-state index contributed by atoms with van der Waals surface area (Å²) in [5.41, 5.74) is 1.50. The van der Waals surface area contributed by atoms with Gasteiger partial charge in [-0.15, -0.1) is 0 Å². The Hall–Kier alpha value is -3.88. The highest BCUT2D eigenvalue weighted by atomic mass is 35.5. The molecular formula is C29H27ClFNO6. The molecule has 4 rings (SSSR count). The van der Waals surface area contributed by atoms with Crippen molar-refractivity contribution in [2.75, 3.05) is 26.9 Å². The fraction of sp³-hybridized carbons (Fsp3) is 0.241. The maximum atomic E-state index is 13.2.